The first kappa shape index (κ1) is 15.6. The molecule has 10 rings (SSSR count). The van der Waals surface area contributed by atoms with Crippen LogP contribution in [0, 0.1) is 0 Å². The van der Waals surface area contributed by atoms with Gasteiger partial charge < -0.3 is 4.42 Å². The molecule has 9 aromatic carbocycles. The van der Waals surface area contributed by atoms with Gasteiger partial charge in [-0.15, -0.1) is 0 Å². The van der Waals surface area contributed by atoms with Crippen LogP contribution in [0.4, 0.5) is 0 Å². The predicted octanol–water partition coefficient (Wildman–Crippen LogP) is 13.7. The van der Waals surface area contributed by atoms with E-state index in [4.69, 9.17) is 19.5 Å². The van der Waals surface area contributed by atoms with Crippen molar-refractivity contribution >= 4 is 54.3 Å². The lowest BCUT2D eigenvalue weighted by molar-refractivity contribution is 0.670. The molecule has 0 unspecified atom stereocenters. The van der Waals surface area contributed by atoms with Crippen molar-refractivity contribution in [2.75, 3.05) is 0 Å². The van der Waals surface area contributed by atoms with Crippen LogP contribution in [0.1, 0.15) is 23.3 Å². The number of hydrogen-bond acceptors (Lipinski definition) is 1. The Morgan fingerprint density at radius 1 is 0.347 bits per heavy atom. The topological polar surface area (TPSA) is 13.1 Å². The van der Waals surface area contributed by atoms with Gasteiger partial charge in [0, 0.05) is 16.3 Å². The monoisotopic (exact) mass is 639 g/mol. The van der Waals surface area contributed by atoms with Gasteiger partial charge in [0.1, 0.15) is 11.2 Å². The fourth-order valence-electron chi connectivity index (χ4n) is 6.84. The van der Waals surface area contributed by atoms with E-state index in [0.29, 0.717) is 16.3 Å². The lowest BCUT2D eigenvalue weighted by Gasteiger charge is -2.19. The minimum Gasteiger partial charge on any atom is -0.455 e. The number of furan rings is 1. The second kappa shape index (κ2) is 11.1. The average Bonchev–Trinajstić information content (AvgIpc) is 3.72. The molecule has 1 heterocycles. The number of rotatable bonds is 4. The van der Waals surface area contributed by atoms with Crippen molar-refractivity contribution in [1.82, 2.24) is 0 Å². The van der Waals surface area contributed by atoms with Crippen LogP contribution in [0.25, 0.3) is 98.8 Å². The van der Waals surface area contributed by atoms with Crippen LogP contribution in [-0.4, -0.2) is 0 Å². The van der Waals surface area contributed by atoms with Crippen LogP contribution in [-0.2, 0) is 0 Å². The molecule has 0 amide bonds. The molecule has 1 heteroatoms. The highest BCUT2D eigenvalue weighted by atomic mass is 16.3. The Hall–Kier alpha value is -6.44. The summed E-state index contributed by atoms with van der Waals surface area (Å²) in [5.74, 6) is 0. The van der Waals surface area contributed by atoms with Crippen molar-refractivity contribution in [3.63, 3.8) is 0 Å². The van der Waals surface area contributed by atoms with E-state index < -0.39 is 136 Å². The maximum absolute atomic E-state index is 9.90. The van der Waals surface area contributed by atoms with Crippen LogP contribution in [0.3, 0.4) is 0 Å². The summed E-state index contributed by atoms with van der Waals surface area (Å²) in [7, 11) is 0. The van der Waals surface area contributed by atoms with E-state index in [1.165, 1.54) is 0 Å². The Labute approximate surface area is 308 Å². The quantitative estimate of drug-likeness (QED) is 0.175. The van der Waals surface area contributed by atoms with Crippen molar-refractivity contribution in [2.45, 2.75) is 0 Å². The lowest BCUT2D eigenvalue weighted by atomic mass is 9.83. The molecule has 0 fully saturated rings. The molecule has 0 bridgehead atoms. The van der Waals surface area contributed by atoms with E-state index in [1.54, 1.807) is 12.1 Å². The third-order valence-electron chi connectivity index (χ3n) is 8.87. The summed E-state index contributed by atoms with van der Waals surface area (Å²) in [4.78, 5) is 0. The number of fused-ring (bicyclic) bond motifs is 6. The molecule has 1 aromatic heterocycles. The zero-order valence-corrected chi connectivity index (χ0v) is 25.4. The van der Waals surface area contributed by atoms with Gasteiger partial charge in [0.15, 0.2) is 0 Å². The number of benzene rings is 9. The van der Waals surface area contributed by atoms with Crippen molar-refractivity contribution in [1.29, 1.82) is 0 Å². The third kappa shape index (κ3) is 4.26. The molecule has 49 heavy (non-hydrogen) atoms. The fraction of sp³-hybridized carbons (Fsp3) is 0. The third-order valence-corrected chi connectivity index (χ3v) is 8.87. The first-order valence-corrected chi connectivity index (χ1v) is 15.5. The van der Waals surface area contributed by atoms with E-state index in [0.717, 1.165) is 21.9 Å². The highest BCUT2D eigenvalue weighted by Crippen LogP contribution is 2.47. The van der Waals surface area contributed by atoms with Gasteiger partial charge >= 0.3 is 0 Å². The summed E-state index contributed by atoms with van der Waals surface area (Å²) in [6.45, 7) is 0. The summed E-state index contributed by atoms with van der Waals surface area (Å²) >= 11 is 0. The van der Waals surface area contributed by atoms with Gasteiger partial charge in [0.25, 0.3) is 0 Å². The molecule has 0 N–H and O–H groups in total. The molecule has 0 aliphatic heterocycles. The van der Waals surface area contributed by atoms with E-state index in [2.05, 4.69) is 0 Å². The summed E-state index contributed by atoms with van der Waals surface area (Å²) in [5, 5.41) is 1.49. The standard InChI is InChI=1S/C48H30O/c1-3-15-31(16-4-1)33-25-14-28-44-47(33)43-27-13-26-42(48(43)49-44)36-29-30-41(35-20-8-7-19-34(35)36)46-39-23-11-9-21-37(39)45(32-17-5-2-6-18-32)38-22-10-12-24-40(38)46/h1-30H/i1D,3D,4D,7D,8D,13D,14D,15D,16D,19D,20D,25D,26D,27D,28D,29D,30D. The molecular formula is C48H30O. The maximum Gasteiger partial charge on any atom is 0.143 e. The molecule has 10 aromatic rings. The Morgan fingerprint density at radius 3 is 1.61 bits per heavy atom. The summed E-state index contributed by atoms with van der Waals surface area (Å²) < 4.78 is 160. The van der Waals surface area contributed by atoms with Crippen LogP contribution in [0.5, 0.6) is 0 Å². The van der Waals surface area contributed by atoms with Crippen molar-refractivity contribution < 1.29 is 27.7 Å². The van der Waals surface area contributed by atoms with Crippen molar-refractivity contribution in [2.24, 2.45) is 0 Å². The van der Waals surface area contributed by atoms with Crippen LogP contribution >= 0.6 is 0 Å². The molecule has 0 aliphatic rings. The van der Waals surface area contributed by atoms with Gasteiger partial charge in [-0.1, -0.05) is 176 Å². The Balaban J connectivity index is 1.43. The zero-order valence-electron chi connectivity index (χ0n) is 42.4. The minimum absolute atomic E-state index is 0.0111. The van der Waals surface area contributed by atoms with Crippen LogP contribution < -0.4 is 0 Å². The zero-order chi connectivity index (χ0) is 47.1. The molecule has 1 nitrogen and oxygen atoms in total. The molecule has 0 radical (unpaired) electrons. The minimum atomic E-state index is -0.794. The Bertz CT molecular complexity index is 3760. The second-order valence-corrected chi connectivity index (χ2v) is 11.5. The average molecular weight is 640 g/mol. The first-order chi connectivity index (χ1) is 31.4. The van der Waals surface area contributed by atoms with E-state index in [-0.39, 0.29) is 27.1 Å². The van der Waals surface area contributed by atoms with Gasteiger partial charge in [-0.05, 0) is 77.3 Å². The highest BCUT2D eigenvalue weighted by molar-refractivity contribution is 6.24. The highest BCUT2D eigenvalue weighted by Gasteiger charge is 2.21. The SMILES string of the molecule is [2H]c1c([2H])c([2H])c(-c2c([2H])c([2H])c([2H])c3oc4c(-c5c([2H])c([2H])c(-c6c7ccccc7c(-c7ccccc7)c7ccccc67)c6c([2H])c([2H])c([2H])c([2H])c56)c([2H])c([2H])c([2H])c4c23)c([2H])c1[2H]. The molecule has 0 spiro atoms. The van der Waals surface area contributed by atoms with Gasteiger partial charge in [0.2, 0.25) is 0 Å². The molecule has 0 saturated carbocycles. The van der Waals surface area contributed by atoms with Crippen LogP contribution in [0.2, 0.25) is 0 Å². The molecule has 0 saturated heterocycles. The van der Waals surface area contributed by atoms with Gasteiger partial charge in [-0.3, -0.25) is 0 Å². The predicted molar refractivity (Wildman–Crippen MR) is 208 cm³/mol. The van der Waals surface area contributed by atoms with E-state index in [1.807, 2.05) is 66.7 Å². The maximum atomic E-state index is 9.90. The number of hydrogen-bond donors (Lipinski definition) is 0. The second-order valence-electron chi connectivity index (χ2n) is 11.5. The number of para-hydroxylation sites is 1. The summed E-state index contributed by atoms with van der Waals surface area (Å²) in [5.41, 5.74) is -0.773. The summed E-state index contributed by atoms with van der Waals surface area (Å²) in [6, 6.07) is 12.5. The van der Waals surface area contributed by atoms with Crippen molar-refractivity contribution in [3.8, 4) is 44.5 Å². The fourth-order valence-corrected chi connectivity index (χ4v) is 6.84. The Kier molecular flexibility index (Phi) is 3.54. The molecule has 228 valence electrons. The smallest absolute Gasteiger partial charge is 0.143 e. The first-order valence-electron chi connectivity index (χ1n) is 24.0. The summed E-state index contributed by atoms with van der Waals surface area (Å²) in [6.07, 6.45) is 0. The Morgan fingerprint density at radius 2 is 0.898 bits per heavy atom. The van der Waals surface area contributed by atoms with Gasteiger partial charge in [-0.2, -0.15) is 0 Å². The van der Waals surface area contributed by atoms with Gasteiger partial charge in [0.05, 0.1) is 23.3 Å². The normalized spacial score (nSPS) is 16.5. The molecular weight excluding hydrogens is 593 g/mol. The van der Waals surface area contributed by atoms with E-state index >= 15 is 0 Å². The molecule has 0 atom stereocenters. The van der Waals surface area contributed by atoms with E-state index in [9.17, 15) is 8.22 Å². The molecule has 0 aliphatic carbocycles. The van der Waals surface area contributed by atoms with Crippen LogP contribution in [0.15, 0.2) is 186 Å². The van der Waals surface area contributed by atoms with Crippen molar-refractivity contribution in [3.05, 3.63) is 182 Å². The lowest BCUT2D eigenvalue weighted by Crippen LogP contribution is -1.92. The van der Waals surface area contributed by atoms with Gasteiger partial charge in [-0.25, -0.2) is 0 Å². The largest absolute Gasteiger partial charge is 0.455 e.